The number of aliphatic hydroxyl groups is 3. The van der Waals surface area contributed by atoms with Crippen LogP contribution in [0.4, 0.5) is 0 Å². The molecule has 3 aliphatic rings. The number of ether oxygens (including phenoxy) is 3. The minimum atomic E-state index is -4.72. The lowest BCUT2D eigenvalue weighted by molar-refractivity contribution is -0.449. The number of fused-ring (bicyclic) bond motifs is 2. The second kappa shape index (κ2) is 13.2. The van der Waals surface area contributed by atoms with Gasteiger partial charge in [-0.15, -0.1) is 0 Å². The monoisotopic (exact) mass is 592 g/mol. The summed E-state index contributed by atoms with van der Waals surface area (Å²) in [7, 11) is -1.50. The van der Waals surface area contributed by atoms with Gasteiger partial charge in [-0.2, -0.15) is 0 Å². The number of aliphatic imine (C=N–C) groups is 1. The molecule has 1 amide bonds. The largest absolute Gasteiger partial charge is 0.470 e. The summed E-state index contributed by atoms with van der Waals surface area (Å²) in [4.78, 5) is 35.1. The number of allylic oxidation sites excluding steroid dienone is 1. The van der Waals surface area contributed by atoms with Crippen LogP contribution in [0.25, 0.3) is 0 Å². The van der Waals surface area contributed by atoms with Crippen molar-refractivity contribution < 1.29 is 53.2 Å². The number of amides is 1. The highest BCUT2D eigenvalue weighted by molar-refractivity contribution is 7.46. The molecule has 0 aromatic rings. The maximum absolute atomic E-state index is 13.0. The first-order chi connectivity index (χ1) is 18.6. The lowest BCUT2D eigenvalue weighted by atomic mass is 9.79. The number of hydrogen-bond acceptors (Lipinski definition) is 12. The molecule has 3 rings (SSSR count). The summed E-state index contributed by atoms with van der Waals surface area (Å²) in [6.07, 6.45) is -4.16. The normalized spacial score (nSPS) is 39.4. The number of nitrogens with zero attached hydrogens (tertiary/aromatic N) is 1. The average Bonchev–Trinajstić information content (AvgIpc) is 2.86. The van der Waals surface area contributed by atoms with Crippen LogP contribution in [-0.2, 0) is 28.1 Å². The van der Waals surface area contributed by atoms with E-state index in [1.165, 1.54) is 13.1 Å². The van der Waals surface area contributed by atoms with Gasteiger partial charge < -0.3 is 55.3 Å². The highest BCUT2D eigenvalue weighted by Crippen LogP contribution is 2.42. The van der Waals surface area contributed by atoms with Gasteiger partial charge in [0.05, 0.1) is 42.9 Å². The fraction of sp³-hybridized carbons (Fsp3) is 0.750. The molecule has 1 unspecified atom stereocenters. The number of carbonyl (C=O) groups is 1. The molecule has 40 heavy (non-hydrogen) atoms. The zero-order valence-corrected chi connectivity index (χ0v) is 24.0. The lowest BCUT2D eigenvalue weighted by Crippen LogP contribution is -2.79. The van der Waals surface area contributed by atoms with E-state index in [9.17, 15) is 24.7 Å². The van der Waals surface area contributed by atoms with E-state index in [0.717, 1.165) is 0 Å². The standard InChI is InChI=1S/C24H41N4O11P/c1-7-14(27-10-11(2)13(4)39-40(33,34)35)9-16(29)28-15-8-12(3)36-23-24(15,32)38-21-18(26-6)19(30)17(25-5)20(31)22(21)37-23/h7,10,12-13,15,17-23,25-26,30-32H,2,8-9H2,1,3-6H3,(H,28,29)(H2,33,34,35)/b14-7-,27-10-/t12-,13?,15-,17-,18+,19+,20+,21-,22-,23+,24+/m1/s1. The van der Waals surface area contributed by atoms with Crippen LogP contribution in [-0.4, -0.2) is 118 Å². The molecule has 1 aliphatic carbocycles. The Kier molecular flexibility index (Phi) is 10.8. The van der Waals surface area contributed by atoms with Crippen LogP contribution < -0.4 is 16.0 Å². The van der Waals surface area contributed by atoms with Crippen molar-refractivity contribution >= 4 is 19.9 Å². The van der Waals surface area contributed by atoms with Crippen molar-refractivity contribution in [1.82, 2.24) is 16.0 Å². The Balaban J connectivity index is 1.73. The Morgan fingerprint density at radius 1 is 1.20 bits per heavy atom. The Hall–Kier alpha value is -1.59. The van der Waals surface area contributed by atoms with Gasteiger partial charge in [0.15, 0.2) is 0 Å². The lowest BCUT2D eigenvalue weighted by Gasteiger charge is -2.58. The quantitative estimate of drug-likeness (QED) is 0.106. The van der Waals surface area contributed by atoms with Crippen molar-refractivity contribution in [3.8, 4) is 0 Å². The van der Waals surface area contributed by atoms with Crippen molar-refractivity contribution in [3.63, 3.8) is 0 Å². The number of likely N-dealkylation sites (N-methyl/N-ethyl adjacent to an activating group) is 2. The third kappa shape index (κ3) is 7.24. The molecule has 0 aromatic carbocycles. The summed E-state index contributed by atoms with van der Waals surface area (Å²) < 4.78 is 33.6. The van der Waals surface area contributed by atoms with Crippen LogP contribution in [0.3, 0.4) is 0 Å². The second-order valence-electron chi connectivity index (χ2n) is 10.2. The van der Waals surface area contributed by atoms with E-state index in [-0.39, 0.29) is 18.4 Å². The number of phosphoric acid groups is 1. The van der Waals surface area contributed by atoms with Gasteiger partial charge in [-0.1, -0.05) is 12.7 Å². The fourth-order valence-corrected chi connectivity index (χ4v) is 5.74. The molecule has 15 nitrogen and oxygen atoms in total. The van der Waals surface area contributed by atoms with Crippen molar-refractivity contribution in [2.45, 2.75) is 100 Å². The number of phosphoric ester groups is 1. The van der Waals surface area contributed by atoms with E-state index < -0.39 is 80.6 Å². The summed E-state index contributed by atoms with van der Waals surface area (Å²) in [6, 6.07) is -2.43. The molecule has 2 aliphatic heterocycles. The predicted molar refractivity (Wildman–Crippen MR) is 142 cm³/mol. The van der Waals surface area contributed by atoms with Gasteiger partial charge in [-0.3, -0.25) is 14.3 Å². The molecular formula is C24H41N4O11P. The molecular weight excluding hydrogens is 551 g/mol. The summed E-state index contributed by atoms with van der Waals surface area (Å²) in [6.45, 7) is 8.49. The van der Waals surface area contributed by atoms with Gasteiger partial charge in [0.1, 0.15) is 18.3 Å². The van der Waals surface area contributed by atoms with Crippen LogP contribution in [0.5, 0.6) is 0 Å². The van der Waals surface area contributed by atoms with Crippen LogP contribution in [0.15, 0.2) is 28.9 Å². The SMILES string of the molecule is C=C(/C=N\C(=C/C)CC(=O)N[C@@H]1C[C@@H](C)O[C@H]2O[C@@H]3[C@@H](O)[C@H](NC)[C@H](O)[C@H](NC)[C@H]3O[C@]21O)C(C)OP(=O)(O)O. The summed E-state index contributed by atoms with van der Waals surface area (Å²) in [5.74, 6) is -2.63. The summed E-state index contributed by atoms with van der Waals surface area (Å²) in [5, 5.41) is 41.9. The number of rotatable bonds is 10. The van der Waals surface area contributed by atoms with Crippen molar-refractivity contribution in [2.75, 3.05) is 14.1 Å². The van der Waals surface area contributed by atoms with Crippen LogP contribution in [0.1, 0.15) is 33.6 Å². The molecule has 0 radical (unpaired) electrons. The molecule has 2 heterocycles. The van der Waals surface area contributed by atoms with Gasteiger partial charge in [0, 0.05) is 11.9 Å². The summed E-state index contributed by atoms with van der Waals surface area (Å²) in [5.41, 5.74) is 0.496. The number of carbonyl (C=O) groups excluding carboxylic acids is 1. The zero-order valence-electron chi connectivity index (χ0n) is 23.1. The molecule has 8 N–H and O–H groups in total. The van der Waals surface area contributed by atoms with Crippen molar-refractivity contribution in [1.29, 1.82) is 0 Å². The van der Waals surface area contributed by atoms with E-state index in [2.05, 4.69) is 32.0 Å². The van der Waals surface area contributed by atoms with E-state index in [0.29, 0.717) is 5.70 Å². The van der Waals surface area contributed by atoms with E-state index >= 15 is 0 Å². The molecule has 2 saturated heterocycles. The Morgan fingerprint density at radius 2 is 1.85 bits per heavy atom. The highest BCUT2D eigenvalue weighted by Gasteiger charge is 2.63. The van der Waals surface area contributed by atoms with Crippen molar-refractivity contribution in [2.24, 2.45) is 4.99 Å². The smallest absolute Gasteiger partial charge is 0.390 e. The molecule has 0 bridgehead atoms. The van der Waals surface area contributed by atoms with Gasteiger partial charge in [-0.25, -0.2) is 4.57 Å². The van der Waals surface area contributed by atoms with Gasteiger partial charge >= 0.3 is 7.82 Å². The highest BCUT2D eigenvalue weighted by atomic mass is 31.2. The third-order valence-electron chi connectivity index (χ3n) is 7.37. The molecule has 0 aromatic heterocycles. The Labute approximate surface area is 232 Å². The van der Waals surface area contributed by atoms with E-state index in [4.69, 9.17) is 24.0 Å². The molecule has 3 fully saturated rings. The Morgan fingerprint density at radius 3 is 2.42 bits per heavy atom. The van der Waals surface area contributed by atoms with Crippen LogP contribution >= 0.6 is 7.82 Å². The van der Waals surface area contributed by atoms with Crippen molar-refractivity contribution in [3.05, 3.63) is 23.9 Å². The number of aliphatic hydroxyl groups excluding tert-OH is 2. The van der Waals surface area contributed by atoms with Gasteiger partial charge in [-0.05, 0) is 46.9 Å². The zero-order chi connectivity index (χ0) is 30.0. The van der Waals surface area contributed by atoms with E-state index in [1.807, 2.05) is 0 Å². The molecule has 0 spiro atoms. The van der Waals surface area contributed by atoms with Crippen LogP contribution in [0, 0.1) is 0 Å². The molecule has 1 saturated carbocycles. The molecule has 16 heteroatoms. The van der Waals surface area contributed by atoms with Gasteiger partial charge in [0.2, 0.25) is 18.0 Å². The average molecular weight is 593 g/mol. The number of nitrogens with one attached hydrogen (secondary N) is 3. The molecule has 11 atom stereocenters. The molecule has 228 valence electrons. The topological polar surface area (TPSA) is 221 Å². The second-order valence-corrected chi connectivity index (χ2v) is 11.4. The third-order valence-corrected chi connectivity index (χ3v) is 7.97. The first-order valence-electron chi connectivity index (χ1n) is 13.0. The van der Waals surface area contributed by atoms with Crippen LogP contribution in [0.2, 0.25) is 0 Å². The predicted octanol–water partition coefficient (Wildman–Crippen LogP) is -1.59. The Bertz CT molecular complexity index is 1040. The maximum Gasteiger partial charge on any atom is 0.470 e. The minimum absolute atomic E-state index is 0.177. The fourth-order valence-electron chi connectivity index (χ4n) is 5.19. The maximum atomic E-state index is 13.0. The number of hydrogen-bond donors (Lipinski definition) is 8. The summed E-state index contributed by atoms with van der Waals surface area (Å²) >= 11 is 0. The first kappa shape index (κ1) is 32.9. The minimum Gasteiger partial charge on any atom is -0.390 e. The van der Waals surface area contributed by atoms with E-state index in [1.54, 1.807) is 34.0 Å². The first-order valence-corrected chi connectivity index (χ1v) is 14.5. The van der Waals surface area contributed by atoms with Gasteiger partial charge in [0.25, 0.3) is 0 Å².